The molecular weight excluding hydrogens is 268 g/mol. The molecule has 6 nitrogen and oxygen atoms in total. The molecule has 0 unspecified atom stereocenters. The number of nitrogens with zero attached hydrogens (tertiary/aromatic N) is 4. The average Bonchev–Trinajstić information content (AvgIpc) is 3.09. The molecule has 1 aliphatic heterocycles. The van der Waals surface area contributed by atoms with Gasteiger partial charge in [0.15, 0.2) is 0 Å². The van der Waals surface area contributed by atoms with Crippen molar-refractivity contribution in [3.05, 3.63) is 24.3 Å². The summed E-state index contributed by atoms with van der Waals surface area (Å²) < 4.78 is 0. The van der Waals surface area contributed by atoms with E-state index in [2.05, 4.69) is 9.97 Å². The van der Waals surface area contributed by atoms with Gasteiger partial charge in [0.2, 0.25) is 5.91 Å². The molecule has 0 atom stereocenters. The van der Waals surface area contributed by atoms with Gasteiger partial charge in [0.25, 0.3) is 5.91 Å². The largest absolute Gasteiger partial charge is 0.339 e. The van der Waals surface area contributed by atoms with Crippen LogP contribution in [0.4, 0.5) is 0 Å². The Hall–Kier alpha value is -1.98. The zero-order chi connectivity index (χ0) is 14.7. The lowest BCUT2D eigenvalue weighted by Crippen LogP contribution is -2.51. The second kappa shape index (κ2) is 6.20. The van der Waals surface area contributed by atoms with Crippen LogP contribution < -0.4 is 0 Å². The molecule has 2 aliphatic rings. The van der Waals surface area contributed by atoms with Crippen LogP contribution in [0.2, 0.25) is 0 Å². The molecule has 21 heavy (non-hydrogen) atoms. The molecule has 0 N–H and O–H groups in total. The van der Waals surface area contributed by atoms with Crippen molar-refractivity contribution in [1.29, 1.82) is 0 Å². The minimum atomic E-state index is -0.101. The van der Waals surface area contributed by atoms with E-state index < -0.39 is 0 Å². The van der Waals surface area contributed by atoms with Gasteiger partial charge >= 0.3 is 0 Å². The summed E-state index contributed by atoms with van der Waals surface area (Å²) in [6, 6.07) is 0. The summed E-state index contributed by atoms with van der Waals surface area (Å²) >= 11 is 0. The first kappa shape index (κ1) is 14.0. The maximum absolute atomic E-state index is 12.3. The van der Waals surface area contributed by atoms with Crippen molar-refractivity contribution < 1.29 is 9.59 Å². The fourth-order valence-electron chi connectivity index (χ4n) is 3.13. The topological polar surface area (TPSA) is 66.4 Å². The molecule has 2 amide bonds. The summed E-state index contributed by atoms with van der Waals surface area (Å²) in [5, 5.41) is 0. The smallest absolute Gasteiger partial charge is 0.274 e. The number of carbonyl (C=O) groups excluding carboxylic acids is 2. The first-order valence-corrected chi connectivity index (χ1v) is 7.60. The van der Waals surface area contributed by atoms with E-state index in [0.717, 1.165) is 12.8 Å². The highest BCUT2D eigenvalue weighted by molar-refractivity contribution is 5.92. The van der Waals surface area contributed by atoms with Crippen LogP contribution >= 0.6 is 0 Å². The maximum Gasteiger partial charge on any atom is 0.274 e. The normalized spacial score (nSPS) is 19.8. The van der Waals surface area contributed by atoms with E-state index in [9.17, 15) is 9.59 Å². The van der Waals surface area contributed by atoms with Crippen LogP contribution in [-0.2, 0) is 4.79 Å². The van der Waals surface area contributed by atoms with Gasteiger partial charge in [0, 0.05) is 44.5 Å². The second-order valence-electron chi connectivity index (χ2n) is 5.69. The van der Waals surface area contributed by atoms with Gasteiger partial charge in [0.05, 0.1) is 6.20 Å². The van der Waals surface area contributed by atoms with Crippen LogP contribution in [-0.4, -0.2) is 57.8 Å². The monoisotopic (exact) mass is 288 g/mol. The van der Waals surface area contributed by atoms with Gasteiger partial charge in [0.1, 0.15) is 5.69 Å². The summed E-state index contributed by atoms with van der Waals surface area (Å²) in [5.41, 5.74) is 0.369. The number of hydrogen-bond acceptors (Lipinski definition) is 4. The molecule has 6 heteroatoms. The Kier molecular flexibility index (Phi) is 4.13. The van der Waals surface area contributed by atoms with E-state index >= 15 is 0 Å². The molecule has 1 aromatic rings. The summed E-state index contributed by atoms with van der Waals surface area (Å²) in [6.07, 6.45) is 8.94. The minimum Gasteiger partial charge on any atom is -0.339 e. The summed E-state index contributed by atoms with van der Waals surface area (Å²) in [4.78, 5) is 36.2. The molecule has 0 radical (unpaired) electrons. The van der Waals surface area contributed by atoms with E-state index in [0.29, 0.717) is 31.9 Å². The Morgan fingerprint density at radius 1 is 1.00 bits per heavy atom. The van der Waals surface area contributed by atoms with Crippen LogP contribution in [0.15, 0.2) is 18.6 Å². The SMILES string of the molecule is O=C(c1cnccn1)N1CCN(C(=O)C2CCCC2)CC1. The molecule has 1 saturated heterocycles. The van der Waals surface area contributed by atoms with Crippen molar-refractivity contribution in [2.75, 3.05) is 26.2 Å². The Bertz CT molecular complexity index is 506. The zero-order valence-corrected chi connectivity index (χ0v) is 12.1. The summed E-state index contributed by atoms with van der Waals surface area (Å²) in [5.74, 6) is 0.391. The van der Waals surface area contributed by atoms with Gasteiger partial charge in [-0.1, -0.05) is 12.8 Å². The van der Waals surface area contributed by atoms with E-state index in [1.54, 1.807) is 11.1 Å². The standard InChI is InChI=1S/C15H20N4O2/c20-14(12-3-1-2-4-12)18-7-9-19(10-8-18)15(21)13-11-16-5-6-17-13/h5-6,11-12H,1-4,7-10H2. The first-order chi connectivity index (χ1) is 10.3. The Morgan fingerprint density at radius 2 is 1.67 bits per heavy atom. The van der Waals surface area contributed by atoms with Gasteiger partial charge in [-0.25, -0.2) is 4.98 Å². The molecule has 2 heterocycles. The average molecular weight is 288 g/mol. The molecule has 2 fully saturated rings. The highest BCUT2D eigenvalue weighted by Gasteiger charge is 2.30. The number of carbonyl (C=O) groups is 2. The molecule has 0 bridgehead atoms. The van der Waals surface area contributed by atoms with Crippen molar-refractivity contribution >= 4 is 11.8 Å². The minimum absolute atomic E-state index is 0.101. The van der Waals surface area contributed by atoms with Crippen LogP contribution in [0, 0.1) is 5.92 Å². The van der Waals surface area contributed by atoms with Crippen molar-refractivity contribution in [3.8, 4) is 0 Å². The summed E-state index contributed by atoms with van der Waals surface area (Å²) in [7, 11) is 0. The lowest BCUT2D eigenvalue weighted by molar-refractivity contribution is -0.136. The van der Waals surface area contributed by atoms with Crippen LogP contribution in [0.25, 0.3) is 0 Å². The number of aromatic nitrogens is 2. The Morgan fingerprint density at radius 3 is 2.29 bits per heavy atom. The van der Waals surface area contributed by atoms with Gasteiger partial charge in [-0.2, -0.15) is 0 Å². The predicted octanol–water partition coefficient (Wildman–Crippen LogP) is 0.951. The quantitative estimate of drug-likeness (QED) is 0.812. The number of piperazine rings is 1. The lowest BCUT2D eigenvalue weighted by Gasteiger charge is -2.35. The first-order valence-electron chi connectivity index (χ1n) is 7.60. The Labute approximate surface area is 124 Å². The second-order valence-corrected chi connectivity index (χ2v) is 5.69. The van der Waals surface area contributed by atoms with E-state index in [1.165, 1.54) is 25.2 Å². The fourth-order valence-corrected chi connectivity index (χ4v) is 3.13. The number of rotatable bonds is 2. The summed E-state index contributed by atoms with van der Waals surface area (Å²) in [6.45, 7) is 2.41. The third-order valence-corrected chi connectivity index (χ3v) is 4.37. The third kappa shape index (κ3) is 3.04. The van der Waals surface area contributed by atoms with Gasteiger partial charge in [-0.05, 0) is 12.8 Å². The number of hydrogen-bond donors (Lipinski definition) is 0. The molecule has 0 spiro atoms. The van der Waals surface area contributed by atoms with Crippen LogP contribution in [0.3, 0.4) is 0 Å². The van der Waals surface area contributed by atoms with Crippen LogP contribution in [0.5, 0.6) is 0 Å². The van der Waals surface area contributed by atoms with Gasteiger partial charge in [-0.3, -0.25) is 14.6 Å². The van der Waals surface area contributed by atoms with Gasteiger partial charge < -0.3 is 9.80 Å². The van der Waals surface area contributed by atoms with Crippen molar-refractivity contribution in [1.82, 2.24) is 19.8 Å². The highest BCUT2D eigenvalue weighted by Crippen LogP contribution is 2.26. The molecule has 1 aromatic heterocycles. The molecule has 3 rings (SSSR count). The zero-order valence-electron chi connectivity index (χ0n) is 12.1. The number of amides is 2. The van der Waals surface area contributed by atoms with E-state index in [-0.39, 0.29) is 17.7 Å². The molecule has 112 valence electrons. The van der Waals surface area contributed by atoms with E-state index in [4.69, 9.17) is 0 Å². The molecule has 1 aliphatic carbocycles. The highest BCUT2D eigenvalue weighted by atomic mass is 16.2. The lowest BCUT2D eigenvalue weighted by atomic mass is 10.1. The van der Waals surface area contributed by atoms with Crippen LogP contribution in [0.1, 0.15) is 36.2 Å². The maximum atomic E-state index is 12.3. The molecule has 0 aromatic carbocycles. The van der Waals surface area contributed by atoms with Crippen molar-refractivity contribution in [3.63, 3.8) is 0 Å². The molecule has 1 saturated carbocycles. The fraction of sp³-hybridized carbons (Fsp3) is 0.600. The Balaban J connectivity index is 1.55. The van der Waals surface area contributed by atoms with Gasteiger partial charge in [-0.15, -0.1) is 0 Å². The van der Waals surface area contributed by atoms with Crippen molar-refractivity contribution in [2.45, 2.75) is 25.7 Å². The molecular formula is C15H20N4O2. The predicted molar refractivity (Wildman–Crippen MR) is 76.5 cm³/mol. The van der Waals surface area contributed by atoms with E-state index in [1.807, 2.05) is 4.90 Å². The van der Waals surface area contributed by atoms with Crippen molar-refractivity contribution in [2.24, 2.45) is 5.92 Å². The third-order valence-electron chi connectivity index (χ3n) is 4.37.